The molecule has 0 bridgehead atoms. The van der Waals surface area contributed by atoms with Gasteiger partial charge in [-0.15, -0.1) is 0 Å². The molecule has 2 rings (SSSR count). The number of rotatable bonds is 0. The molecule has 0 saturated heterocycles. The molecule has 0 spiro atoms. The van der Waals surface area contributed by atoms with Crippen LogP contribution in [0.4, 0.5) is 5.82 Å². The number of nitrogens with two attached hydrogens (primary N) is 1. The molecule has 0 atom stereocenters. The van der Waals surface area contributed by atoms with Gasteiger partial charge in [0, 0.05) is 11.1 Å². The van der Waals surface area contributed by atoms with Crippen molar-refractivity contribution in [3.05, 3.63) is 28.4 Å². The Morgan fingerprint density at radius 2 is 1.93 bits per heavy atom. The number of fused-ring (bicyclic) bond motifs is 1. The van der Waals surface area contributed by atoms with Crippen LogP contribution in [0, 0.1) is 13.8 Å². The SMILES string of the molecule is Cc1cc(C)c2cc(Cl)c(N)nc2n1. The molecule has 0 aliphatic rings. The van der Waals surface area contributed by atoms with Crippen molar-refractivity contribution in [2.45, 2.75) is 13.8 Å². The summed E-state index contributed by atoms with van der Waals surface area (Å²) >= 11 is 5.88. The Labute approximate surface area is 86.9 Å². The van der Waals surface area contributed by atoms with Gasteiger partial charge in [-0.1, -0.05) is 11.6 Å². The molecule has 4 heteroatoms. The van der Waals surface area contributed by atoms with Crippen LogP contribution in [0.2, 0.25) is 5.02 Å². The zero-order valence-corrected chi connectivity index (χ0v) is 8.76. The van der Waals surface area contributed by atoms with E-state index < -0.39 is 0 Å². The van der Waals surface area contributed by atoms with Crippen LogP contribution in [0.5, 0.6) is 0 Å². The molecule has 0 saturated carbocycles. The molecular weight excluding hydrogens is 198 g/mol. The van der Waals surface area contributed by atoms with E-state index >= 15 is 0 Å². The van der Waals surface area contributed by atoms with Crippen LogP contribution in [0.3, 0.4) is 0 Å². The molecule has 0 fully saturated rings. The third kappa shape index (κ3) is 1.40. The number of pyridine rings is 2. The number of aryl methyl sites for hydroxylation is 2. The lowest BCUT2D eigenvalue weighted by atomic mass is 10.1. The first kappa shape index (κ1) is 9.21. The summed E-state index contributed by atoms with van der Waals surface area (Å²) in [6, 6.07) is 3.80. The van der Waals surface area contributed by atoms with Gasteiger partial charge >= 0.3 is 0 Å². The van der Waals surface area contributed by atoms with E-state index in [0.717, 1.165) is 16.6 Å². The molecule has 72 valence electrons. The average molecular weight is 208 g/mol. The van der Waals surface area contributed by atoms with Crippen molar-refractivity contribution in [3.63, 3.8) is 0 Å². The lowest BCUT2D eigenvalue weighted by Crippen LogP contribution is -1.96. The second-order valence-electron chi connectivity index (χ2n) is 3.31. The van der Waals surface area contributed by atoms with Gasteiger partial charge in [-0.05, 0) is 31.5 Å². The lowest BCUT2D eigenvalue weighted by Gasteiger charge is -2.04. The molecule has 0 aliphatic carbocycles. The van der Waals surface area contributed by atoms with E-state index in [2.05, 4.69) is 9.97 Å². The normalized spacial score (nSPS) is 10.8. The van der Waals surface area contributed by atoms with E-state index in [0.29, 0.717) is 16.5 Å². The van der Waals surface area contributed by atoms with Gasteiger partial charge in [-0.3, -0.25) is 0 Å². The molecule has 2 aromatic rings. The van der Waals surface area contributed by atoms with Crippen LogP contribution < -0.4 is 5.73 Å². The highest BCUT2D eigenvalue weighted by molar-refractivity contribution is 6.33. The molecule has 0 amide bonds. The Balaban J connectivity index is 2.89. The molecule has 2 aromatic heterocycles. The van der Waals surface area contributed by atoms with Gasteiger partial charge in [0.05, 0.1) is 5.02 Å². The number of nitrogens with zero attached hydrogens (tertiary/aromatic N) is 2. The number of nitrogen functional groups attached to an aromatic ring is 1. The van der Waals surface area contributed by atoms with Crippen molar-refractivity contribution < 1.29 is 0 Å². The fourth-order valence-corrected chi connectivity index (χ4v) is 1.61. The van der Waals surface area contributed by atoms with Gasteiger partial charge in [0.25, 0.3) is 0 Å². The first-order chi connectivity index (χ1) is 6.58. The molecule has 0 radical (unpaired) electrons. The summed E-state index contributed by atoms with van der Waals surface area (Å²) in [4.78, 5) is 8.42. The number of halogens is 1. The van der Waals surface area contributed by atoms with E-state index in [-0.39, 0.29) is 0 Å². The van der Waals surface area contributed by atoms with Crippen molar-refractivity contribution in [1.29, 1.82) is 0 Å². The second-order valence-corrected chi connectivity index (χ2v) is 3.71. The summed E-state index contributed by atoms with van der Waals surface area (Å²) in [6.45, 7) is 3.93. The highest BCUT2D eigenvalue weighted by Crippen LogP contribution is 2.24. The van der Waals surface area contributed by atoms with Gasteiger partial charge in [-0.25, -0.2) is 9.97 Å². The molecule has 0 aliphatic heterocycles. The minimum absolute atomic E-state index is 0.330. The maximum Gasteiger partial charge on any atom is 0.162 e. The summed E-state index contributed by atoms with van der Waals surface area (Å²) in [5.74, 6) is 0.330. The quantitative estimate of drug-likeness (QED) is 0.722. The molecule has 3 nitrogen and oxygen atoms in total. The highest BCUT2D eigenvalue weighted by Gasteiger charge is 2.05. The van der Waals surface area contributed by atoms with Crippen molar-refractivity contribution in [2.24, 2.45) is 0 Å². The van der Waals surface area contributed by atoms with E-state index in [1.807, 2.05) is 19.9 Å². The van der Waals surface area contributed by atoms with Crippen molar-refractivity contribution >= 4 is 28.5 Å². The van der Waals surface area contributed by atoms with Crippen molar-refractivity contribution in [3.8, 4) is 0 Å². The topological polar surface area (TPSA) is 51.8 Å². The molecule has 2 N–H and O–H groups in total. The Bertz CT molecular complexity index is 508. The first-order valence-corrected chi connectivity index (χ1v) is 4.65. The minimum Gasteiger partial charge on any atom is -0.382 e. The third-order valence-corrected chi connectivity index (χ3v) is 2.42. The average Bonchev–Trinajstić information content (AvgIpc) is 2.08. The molecule has 14 heavy (non-hydrogen) atoms. The van der Waals surface area contributed by atoms with Crippen LogP contribution in [0.1, 0.15) is 11.3 Å². The van der Waals surface area contributed by atoms with Gasteiger partial charge < -0.3 is 5.73 Å². The van der Waals surface area contributed by atoms with Crippen LogP contribution >= 0.6 is 11.6 Å². The molecule has 0 unspecified atom stereocenters. The van der Waals surface area contributed by atoms with E-state index in [9.17, 15) is 0 Å². The van der Waals surface area contributed by atoms with E-state index in [4.69, 9.17) is 17.3 Å². The third-order valence-electron chi connectivity index (χ3n) is 2.12. The fraction of sp³-hybridized carbons (Fsp3) is 0.200. The minimum atomic E-state index is 0.330. The molecule has 2 heterocycles. The largest absolute Gasteiger partial charge is 0.382 e. The summed E-state index contributed by atoms with van der Waals surface area (Å²) in [5, 5.41) is 1.43. The number of anilines is 1. The van der Waals surface area contributed by atoms with Gasteiger partial charge in [0.1, 0.15) is 5.82 Å². The highest BCUT2D eigenvalue weighted by atomic mass is 35.5. The maximum atomic E-state index is 5.88. The predicted molar refractivity (Wildman–Crippen MR) is 58.4 cm³/mol. The summed E-state index contributed by atoms with van der Waals surface area (Å²) in [6.07, 6.45) is 0. The molecule has 0 aromatic carbocycles. The van der Waals surface area contributed by atoms with Crippen molar-refractivity contribution in [1.82, 2.24) is 9.97 Å². The monoisotopic (exact) mass is 207 g/mol. The van der Waals surface area contributed by atoms with E-state index in [1.165, 1.54) is 0 Å². The van der Waals surface area contributed by atoms with Crippen LogP contribution in [0.15, 0.2) is 12.1 Å². The molecular formula is C10H10ClN3. The van der Waals surface area contributed by atoms with Crippen LogP contribution in [-0.4, -0.2) is 9.97 Å². The summed E-state index contributed by atoms with van der Waals surface area (Å²) in [5.41, 5.74) is 8.31. The lowest BCUT2D eigenvalue weighted by molar-refractivity contribution is 1.19. The standard InChI is InChI=1S/C10H10ClN3/c1-5-3-6(2)13-10-7(5)4-8(11)9(12)14-10/h3-4H,1-2H3,(H2,12,13,14). The second kappa shape index (κ2) is 3.10. The first-order valence-electron chi connectivity index (χ1n) is 4.28. The van der Waals surface area contributed by atoms with Crippen LogP contribution in [0.25, 0.3) is 11.0 Å². The number of hydrogen-bond acceptors (Lipinski definition) is 3. The van der Waals surface area contributed by atoms with Gasteiger partial charge in [-0.2, -0.15) is 0 Å². The Hall–Kier alpha value is -1.35. The van der Waals surface area contributed by atoms with Crippen LogP contribution in [-0.2, 0) is 0 Å². The van der Waals surface area contributed by atoms with Crippen molar-refractivity contribution in [2.75, 3.05) is 5.73 Å². The number of hydrogen-bond donors (Lipinski definition) is 1. The van der Waals surface area contributed by atoms with Gasteiger partial charge in [0.2, 0.25) is 0 Å². The van der Waals surface area contributed by atoms with Gasteiger partial charge in [0.15, 0.2) is 5.65 Å². The predicted octanol–water partition coefficient (Wildman–Crippen LogP) is 2.48. The zero-order valence-electron chi connectivity index (χ0n) is 8.00. The summed E-state index contributed by atoms with van der Waals surface area (Å²) in [7, 11) is 0. The Morgan fingerprint density at radius 3 is 2.64 bits per heavy atom. The number of aromatic nitrogens is 2. The Kier molecular flexibility index (Phi) is 2.04. The smallest absolute Gasteiger partial charge is 0.162 e. The summed E-state index contributed by atoms with van der Waals surface area (Å²) < 4.78 is 0. The van der Waals surface area contributed by atoms with E-state index in [1.54, 1.807) is 6.07 Å². The zero-order chi connectivity index (χ0) is 10.3. The Morgan fingerprint density at radius 1 is 1.21 bits per heavy atom. The fourth-order valence-electron chi connectivity index (χ4n) is 1.46. The maximum absolute atomic E-state index is 5.88.